The van der Waals surface area contributed by atoms with E-state index in [-0.39, 0.29) is 0 Å². The van der Waals surface area contributed by atoms with E-state index < -0.39 is 0 Å². The van der Waals surface area contributed by atoms with Crippen LogP contribution in [0.2, 0.25) is 0 Å². The minimum atomic E-state index is 0.704. The molecule has 1 atom stereocenters. The fourth-order valence-electron chi connectivity index (χ4n) is 3.51. The standard InChI is InChI=1S/C19H21N3S/c1-14-4-6-15(7-5-14)11-16-3-2-9-22(12-16)18-17-8-10-23-19(17)21-13-20-18/h4-8,10,13,16H,2-3,9,11-12H2,1H3. The van der Waals surface area contributed by atoms with Crippen molar-refractivity contribution in [3.05, 3.63) is 53.2 Å². The first-order chi connectivity index (χ1) is 11.3. The van der Waals surface area contributed by atoms with Gasteiger partial charge in [0.05, 0.1) is 5.39 Å². The molecular formula is C19H21N3S. The maximum Gasteiger partial charge on any atom is 0.140 e. The number of anilines is 1. The number of aryl methyl sites for hydroxylation is 1. The number of hydrogen-bond acceptors (Lipinski definition) is 4. The molecule has 1 aromatic carbocycles. The zero-order chi connectivity index (χ0) is 15.6. The van der Waals surface area contributed by atoms with Crippen LogP contribution in [0.5, 0.6) is 0 Å². The van der Waals surface area contributed by atoms with Crippen molar-refractivity contribution < 1.29 is 0 Å². The van der Waals surface area contributed by atoms with Crippen molar-refractivity contribution in [3.8, 4) is 0 Å². The van der Waals surface area contributed by atoms with Crippen LogP contribution < -0.4 is 4.90 Å². The number of thiophene rings is 1. The second kappa shape index (κ2) is 6.28. The van der Waals surface area contributed by atoms with Crippen LogP contribution >= 0.6 is 11.3 Å². The van der Waals surface area contributed by atoms with Crippen molar-refractivity contribution in [3.63, 3.8) is 0 Å². The van der Waals surface area contributed by atoms with Gasteiger partial charge in [-0.25, -0.2) is 9.97 Å². The lowest BCUT2D eigenvalue weighted by atomic mass is 9.91. The number of aromatic nitrogens is 2. The van der Waals surface area contributed by atoms with Crippen molar-refractivity contribution in [2.45, 2.75) is 26.2 Å². The molecule has 1 aliphatic rings. The second-order valence-electron chi connectivity index (χ2n) is 6.48. The molecule has 0 radical (unpaired) electrons. The van der Waals surface area contributed by atoms with Gasteiger partial charge in [-0.2, -0.15) is 0 Å². The molecule has 0 aliphatic carbocycles. The lowest BCUT2D eigenvalue weighted by molar-refractivity contribution is 0.412. The highest BCUT2D eigenvalue weighted by atomic mass is 32.1. The molecule has 3 nitrogen and oxygen atoms in total. The third-order valence-corrected chi connectivity index (χ3v) is 5.52. The van der Waals surface area contributed by atoms with E-state index in [9.17, 15) is 0 Å². The van der Waals surface area contributed by atoms with E-state index in [4.69, 9.17) is 0 Å². The lowest BCUT2D eigenvalue weighted by Gasteiger charge is -2.34. The molecule has 3 aromatic rings. The van der Waals surface area contributed by atoms with E-state index in [0.29, 0.717) is 5.92 Å². The third-order valence-electron chi connectivity index (χ3n) is 4.70. The number of nitrogens with zero attached hydrogens (tertiary/aromatic N) is 3. The quantitative estimate of drug-likeness (QED) is 0.712. The number of hydrogen-bond donors (Lipinski definition) is 0. The molecule has 0 N–H and O–H groups in total. The molecule has 118 valence electrons. The molecule has 4 heteroatoms. The van der Waals surface area contributed by atoms with Crippen LogP contribution in [0.25, 0.3) is 10.2 Å². The SMILES string of the molecule is Cc1ccc(CC2CCCN(c3ncnc4sccc34)C2)cc1. The number of piperidine rings is 1. The van der Waals surface area contributed by atoms with Crippen molar-refractivity contribution in [1.29, 1.82) is 0 Å². The van der Waals surface area contributed by atoms with Crippen molar-refractivity contribution in [1.82, 2.24) is 9.97 Å². The smallest absolute Gasteiger partial charge is 0.140 e. The van der Waals surface area contributed by atoms with Gasteiger partial charge >= 0.3 is 0 Å². The monoisotopic (exact) mass is 323 g/mol. The lowest BCUT2D eigenvalue weighted by Crippen LogP contribution is -2.36. The summed E-state index contributed by atoms with van der Waals surface area (Å²) in [6, 6.07) is 11.1. The molecule has 3 heterocycles. The molecule has 1 saturated heterocycles. The summed E-state index contributed by atoms with van der Waals surface area (Å²) in [6.45, 7) is 4.34. The molecule has 4 rings (SSSR count). The summed E-state index contributed by atoms with van der Waals surface area (Å²) in [7, 11) is 0. The van der Waals surface area contributed by atoms with E-state index in [2.05, 4.69) is 57.5 Å². The summed E-state index contributed by atoms with van der Waals surface area (Å²) in [5, 5.41) is 3.31. The van der Waals surface area contributed by atoms with Crippen molar-refractivity contribution in [2.75, 3.05) is 18.0 Å². The van der Waals surface area contributed by atoms with Gasteiger partial charge in [0.15, 0.2) is 0 Å². The molecule has 0 amide bonds. The Labute approximate surface area is 141 Å². The van der Waals surface area contributed by atoms with Crippen LogP contribution in [0.15, 0.2) is 42.0 Å². The zero-order valence-electron chi connectivity index (χ0n) is 13.4. The number of benzene rings is 1. The molecule has 1 aliphatic heterocycles. The zero-order valence-corrected chi connectivity index (χ0v) is 14.2. The average molecular weight is 323 g/mol. The first-order valence-electron chi connectivity index (χ1n) is 8.28. The predicted molar refractivity (Wildman–Crippen MR) is 97.2 cm³/mol. The van der Waals surface area contributed by atoms with Gasteiger partial charge in [-0.15, -0.1) is 11.3 Å². The van der Waals surface area contributed by atoms with Crippen molar-refractivity contribution >= 4 is 27.4 Å². The van der Waals surface area contributed by atoms with Gasteiger partial charge < -0.3 is 4.90 Å². The van der Waals surface area contributed by atoms with Gasteiger partial charge in [0.25, 0.3) is 0 Å². The summed E-state index contributed by atoms with van der Waals surface area (Å²) in [5.74, 6) is 1.82. The second-order valence-corrected chi connectivity index (χ2v) is 7.38. The summed E-state index contributed by atoms with van der Waals surface area (Å²) >= 11 is 1.69. The van der Waals surface area contributed by atoms with Crippen LogP contribution in [-0.4, -0.2) is 23.1 Å². The Bertz CT molecular complexity index is 794. The molecule has 1 unspecified atom stereocenters. The van der Waals surface area contributed by atoms with E-state index in [1.807, 2.05) is 0 Å². The van der Waals surface area contributed by atoms with E-state index in [1.165, 1.54) is 29.4 Å². The van der Waals surface area contributed by atoms with E-state index >= 15 is 0 Å². The van der Waals surface area contributed by atoms with Gasteiger partial charge in [-0.3, -0.25) is 0 Å². The van der Waals surface area contributed by atoms with Gasteiger partial charge in [-0.05, 0) is 49.1 Å². The molecule has 2 aromatic heterocycles. The summed E-state index contributed by atoms with van der Waals surface area (Å²) in [5.41, 5.74) is 2.78. The highest BCUT2D eigenvalue weighted by Crippen LogP contribution is 2.30. The summed E-state index contributed by atoms with van der Waals surface area (Å²) in [4.78, 5) is 12.5. The van der Waals surface area contributed by atoms with Crippen LogP contribution in [-0.2, 0) is 6.42 Å². The van der Waals surface area contributed by atoms with Crippen LogP contribution in [0.1, 0.15) is 24.0 Å². The first kappa shape index (κ1) is 14.6. The Kier molecular flexibility index (Phi) is 4.00. The molecule has 0 saturated carbocycles. The summed E-state index contributed by atoms with van der Waals surface area (Å²) in [6.07, 6.45) is 5.42. The van der Waals surface area contributed by atoms with Gasteiger partial charge in [-0.1, -0.05) is 29.8 Å². The maximum atomic E-state index is 4.58. The fourth-order valence-corrected chi connectivity index (χ4v) is 4.24. The van der Waals surface area contributed by atoms with Gasteiger partial charge in [0.1, 0.15) is 17.0 Å². The molecule has 0 spiro atoms. The molecular weight excluding hydrogens is 302 g/mol. The molecule has 0 bridgehead atoms. The third kappa shape index (κ3) is 3.08. The minimum Gasteiger partial charge on any atom is -0.356 e. The number of rotatable bonds is 3. The molecule has 23 heavy (non-hydrogen) atoms. The maximum absolute atomic E-state index is 4.58. The highest BCUT2D eigenvalue weighted by molar-refractivity contribution is 7.16. The molecule has 1 fully saturated rings. The predicted octanol–water partition coefficient (Wildman–Crippen LogP) is 4.46. The van der Waals surface area contributed by atoms with Crippen LogP contribution in [0, 0.1) is 12.8 Å². The Morgan fingerprint density at radius 1 is 1.17 bits per heavy atom. The van der Waals surface area contributed by atoms with Crippen LogP contribution in [0.3, 0.4) is 0 Å². The fraction of sp³-hybridized carbons (Fsp3) is 0.368. The first-order valence-corrected chi connectivity index (χ1v) is 9.16. The van der Waals surface area contributed by atoms with Gasteiger partial charge in [0, 0.05) is 13.1 Å². The average Bonchev–Trinajstić information content (AvgIpc) is 3.06. The Morgan fingerprint density at radius 2 is 2.04 bits per heavy atom. The normalized spacial score (nSPS) is 18.5. The van der Waals surface area contributed by atoms with E-state index in [1.54, 1.807) is 17.7 Å². The Hall–Kier alpha value is -1.94. The van der Waals surface area contributed by atoms with Crippen molar-refractivity contribution in [2.24, 2.45) is 5.92 Å². The Balaban J connectivity index is 1.53. The minimum absolute atomic E-state index is 0.704. The largest absolute Gasteiger partial charge is 0.356 e. The Morgan fingerprint density at radius 3 is 2.91 bits per heavy atom. The van der Waals surface area contributed by atoms with E-state index in [0.717, 1.165) is 30.2 Å². The topological polar surface area (TPSA) is 29.0 Å². The van der Waals surface area contributed by atoms with Gasteiger partial charge in [0.2, 0.25) is 0 Å². The number of fused-ring (bicyclic) bond motifs is 1. The summed E-state index contributed by atoms with van der Waals surface area (Å²) < 4.78 is 0. The van der Waals surface area contributed by atoms with Crippen LogP contribution in [0.4, 0.5) is 5.82 Å². The highest BCUT2D eigenvalue weighted by Gasteiger charge is 2.22.